The molecule has 5 nitrogen and oxygen atoms in total. The van der Waals surface area contributed by atoms with Crippen molar-refractivity contribution >= 4 is 23.3 Å². The Kier molecular flexibility index (Phi) is 2.81. The molecule has 6 heteroatoms. The summed E-state index contributed by atoms with van der Waals surface area (Å²) >= 11 is 5.71. The van der Waals surface area contributed by atoms with Gasteiger partial charge in [0.2, 0.25) is 5.91 Å². The van der Waals surface area contributed by atoms with Crippen LogP contribution < -0.4 is 11.1 Å². The molecule has 0 radical (unpaired) electrons. The predicted molar refractivity (Wildman–Crippen MR) is 57.4 cm³/mol. The Morgan fingerprint density at radius 1 is 1.73 bits per heavy atom. The largest absolute Gasteiger partial charge is 0.381 e. The molecule has 1 aromatic rings. The van der Waals surface area contributed by atoms with Crippen LogP contribution in [0.3, 0.4) is 0 Å². The average Bonchev–Trinajstić information content (AvgIpc) is 2.93. The lowest BCUT2D eigenvalue weighted by atomic mass is 10.4. The van der Waals surface area contributed by atoms with E-state index in [-0.39, 0.29) is 18.3 Å². The predicted octanol–water partition coefficient (Wildman–Crippen LogP) is 0.645. The molecule has 0 unspecified atom stereocenters. The maximum absolute atomic E-state index is 11.4. The van der Waals surface area contributed by atoms with Crippen molar-refractivity contribution in [2.45, 2.75) is 19.4 Å². The fourth-order valence-electron chi connectivity index (χ4n) is 1.28. The summed E-state index contributed by atoms with van der Waals surface area (Å²) in [7, 11) is 0. The maximum atomic E-state index is 11.4. The zero-order valence-electron chi connectivity index (χ0n) is 8.24. The van der Waals surface area contributed by atoms with Crippen LogP contribution in [0, 0.1) is 5.92 Å². The minimum absolute atomic E-state index is 0.0546. The molecule has 0 atom stereocenters. The molecule has 1 aliphatic rings. The van der Waals surface area contributed by atoms with Crippen LogP contribution in [0.25, 0.3) is 0 Å². The van der Waals surface area contributed by atoms with Gasteiger partial charge in [-0.25, -0.2) is 0 Å². The maximum Gasteiger partial charge on any atom is 0.241 e. The van der Waals surface area contributed by atoms with Crippen molar-refractivity contribution < 1.29 is 4.79 Å². The molecule has 0 spiro atoms. The molecule has 1 aliphatic carbocycles. The first kappa shape index (κ1) is 10.3. The number of carbonyl (C=O) groups excluding carboxylic acids is 1. The molecule has 82 valence electrons. The number of amides is 1. The topological polar surface area (TPSA) is 72.9 Å². The van der Waals surface area contributed by atoms with Gasteiger partial charge in [-0.1, -0.05) is 11.6 Å². The van der Waals surface area contributed by atoms with Crippen LogP contribution in [0.5, 0.6) is 0 Å². The minimum Gasteiger partial charge on any atom is -0.381 e. The molecule has 0 aliphatic heterocycles. The third kappa shape index (κ3) is 2.86. The van der Waals surface area contributed by atoms with Crippen LogP contribution in [0.2, 0.25) is 5.02 Å². The molecular formula is C9H13ClN4O. The van der Waals surface area contributed by atoms with E-state index in [0.717, 1.165) is 6.54 Å². The van der Waals surface area contributed by atoms with Crippen molar-refractivity contribution in [1.29, 1.82) is 0 Å². The zero-order valence-corrected chi connectivity index (χ0v) is 9.00. The van der Waals surface area contributed by atoms with Gasteiger partial charge >= 0.3 is 0 Å². The molecule has 0 aromatic carbocycles. The number of nitrogen functional groups attached to an aromatic ring is 1. The van der Waals surface area contributed by atoms with Gasteiger partial charge in [-0.2, -0.15) is 5.10 Å². The summed E-state index contributed by atoms with van der Waals surface area (Å²) in [6, 6.07) is 0. The third-order valence-electron chi connectivity index (χ3n) is 2.33. The molecule has 15 heavy (non-hydrogen) atoms. The highest BCUT2D eigenvalue weighted by molar-refractivity contribution is 6.32. The monoisotopic (exact) mass is 228 g/mol. The second-order valence-electron chi connectivity index (χ2n) is 3.81. The van der Waals surface area contributed by atoms with E-state index in [2.05, 4.69) is 10.4 Å². The summed E-state index contributed by atoms with van der Waals surface area (Å²) in [5, 5.41) is 7.11. The first-order chi connectivity index (χ1) is 7.15. The van der Waals surface area contributed by atoms with Crippen LogP contribution in [-0.2, 0) is 11.3 Å². The molecule has 1 saturated carbocycles. The van der Waals surface area contributed by atoms with Crippen LogP contribution >= 0.6 is 11.6 Å². The number of nitrogens with two attached hydrogens (primary N) is 1. The van der Waals surface area contributed by atoms with Gasteiger partial charge in [-0.15, -0.1) is 0 Å². The second-order valence-corrected chi connectivity index (χ2v) is 4.21. The zero-order chi connectivity index (χ0) is 10.8. The van der Waals surface area contributed by atoms with Crippen molar-refractivity contribution in [2.75, 3.05) is 12.3 Å². The van der Waals surface area contributed by atoms with Gasteiger partial charge in [0.25, 0.3) is 0 Å². The number of halogens is 1. The van der Waals surface area contributed by atoms with Gasteiger partial charge in [0.15, 0.2) is 5.82 Å². The van der Waals surface area contributed by atoms with Crippen LogP contribution in [-0.4, -0.2) is 22.2 Å². The number of hydrogen-bond acceptors (Lipinski definition) is 3. The highest BCUT2D eigenvalue weighted by Gasteiger charge is 2.21. The summed E-state index contributed by atoms with van der Waals surface area (Å²) in [4.78, 5) is 11.4. The minimum atomic E-state index is -0.0546. The van der Waals surface area contributed by atoms with E-state index < -0.39 is 0 Å². The lowest BCUT2D eigenvalue weighted by Gasteiger charge is -2.03. The lowest BCUT2D eigenvalue weighted by Crippen LogP contribution is -2.29. The Balaban J connectivity index is 1.81. The van der Waals surface area contributed by atoms with Gasteiger partial charge < -0.3 is 11.1 Å². The number of nitrogens with one attached hydrogen (secondary N) is 1. The molecule has 1 fully saturated rings. The summed E-state index contributed by atoms with van der Waals surface area (Å²) in [6.07, 6.45) is 4.00. The fourth-order valence-corrected chi connectivity index (χ4v) is 1.43. The number of anilines is 1. The SMILES string of the molecule is Nc1nn(CC(=O)NCC2CC2)cc1Cl. The number of rotatable bonds is 4. The molecule has 3 N–H and O–H groups in total. The van der Waals surface area contributed by atoms with Crippen LogP contribution in [0.1, 0.15) is 12.8 Å². The van der Waals surface area contributed by atoms with Crippen molar-refractivity contribution in [3.8, 4) is 0 Å². The van der Waals surface area contributed by atoms with E-state index in [1.807, 2.05) is 0 Å². The van der Waals surface area contributed by atoms with Gasteiger partial charge in [0.1, 0.15) is 11.6 Å². The standard InChI is InChI=1S/C9H13ClN4O/c10-7-4-14(13-9(7)11)5-8(15)12-3-6-1-2-6/h4,6H,1-3,5H2,(H2,11,13)(H,12,15). The number of aromatic nitrogens is 2. The third-order valence-corrected chi connectivity index (χ3v) is 2.62. The van der Waals surface area contributed by atoms with Crippen LogP contribution in [0.4, 0.5) is 5.82 Å². The highest BCUT2D eigenvalue weighted by atomic mass is 35.5. The highest BCUT2D eigenvalue weighted by Crippen LogP contribution is 2.27. The Labute approximate surface area is 92.6 Å². The van der Waals surface area contributed by atoms with Gasteiger partial charge in [0.05, 0.1) is 0 Å². The molecule has 0 saturated heterocycles. The van der Waals surface area contributed by atoms with Crippen molar-refractivity contribution in [3.63, 3.8) is 0 Å². The van der Waals surface area contributed by atoms with Gasteiger partial charge in [-0.3, -0.25) is 9.48 Å². The quantitative estimate of drug-likeness (QED) is 0.795. The first-order valence-electron chi connectivity index (χ1n) is 4.90. The Morgan fingerprint density at radius 3 is 3.00 bits per heavy atom. The fraction of sp³-hybridized carbons (Fsp3) is 0.556. The van der Waals surface area contributed by atoms with E-state index in [0.29, 0.717) is 10.9 Å². The number of hydrogen-bond donors (Lipinski definition) is 2. The normalized spacial score (nSPS) is 15.3. The van der Waals surface area contributed by atoms with E-state index in [1.54, 1.807) is 6.20 Å². The van der Waals surface area contributed by atoms with E-state index in [9.17, 15) is 4.79 Å². The summed E-state index contributed by atoms with van der Waals surface area (Å²) < 4.78 is 1.44. The molecule has 1 amide bonds. The lowest BCUT2D eigenvalue weighted by molar-refractivity contribution is -0.121. The Bertz CT molecular complexity index is 353. The van der Waals surface area contributed by atoms with Crippen molar-refractivity contribution in [2.24, 2.45) is 5.92 Å². The van der Waals surface area contributed by atoms with Crippen molar-refractivity contribution in [3.05, 3.63) is 11.2 Å². The van der Waals surface area contributed by atoms with Gasteiger partial charge in [0, 0.05) is 12.7 Å². The smallest absolute Gasteiger partial charge is 0.241 e. The summed E-state index contributed by atoms with van der Waals surface area (Å²) in [5.41, 5.74) is 5.45. The second kappa shape index (κ2) is 4.10. The van der Waals surface area contributed by atoms with E-state index in [1.165, 1.54) is 17.5 Å². The molecule has 2 rings (SSSR count). The van der Waals surface area contributed by atoms with Gasteiger partial charge in [-0.05, 0) is 18.8 Å². The van der Waals surface area contributed by atoms with Crippen molar-refractivity contribution in [1.82, 2.24) is 15.1 Å². The average molecular weight is 229 g/mol. The van der Waals surface area contributed by atoms with Crippen LogP contribution in [0.15, 0.2) is 6.20 Å². The molecule has 1 heterocycles. The molecule has 1 aromatic heterocycles. The van der Waals surface area contributed by atoms with E-state index >= 15 is 0 Å². The summed E-state index contributed by atoms with van der Waals surface area (Å²) in [5.74, 6) is 0.882. The summed E-state index contributed by atoms with van der Waals surface area (Å²) in [6.45, 7) is 0.937. The Morgan fingerprint density at radius 2 is 2.47 bits per heavy atom. The number of nitrogens with zero attached hydrogens (tertiary/aromatic N) is 2. The Hall–Kier alpha value is -1.23. The molecule has 0 bridgehead atoms. The first-order valence-corrected chi connectivity index (χ1v) is 5.28. The van der Waals surface area contributed by atoms with E-state index in [4.69, 9.17) is 17.3 Å². The number of carbonyl (C=O) groups is 1. The molecular weight excluding hydrogens is 216 g/mol.